The van der Waals surface area contributed by atoms with Crippen LogP contribution in [0.4, 0.5) is 5.69 Å². The average Bonchev–Trinajstić information content (AvgIpc) is 2.82. The molecule has 0 unspecified atom stereocenters. The Hall–Kier alpha value is -1.79. The Labute approximate surface area is 126 Å². The zero-order chi connectivity index (χ0) is 15.7. The third kappa shape index (κ3) is 2.96. The van der Waals surface area contributed by atoms with Crippen LogP contribution >= 0.6 is 0 Å². The van der Waals surface area contributed by atoms with E-state index in [0.717, 1.165) is 11.3 Å². The molecule has 2 N–H and O–H groups in total. The van der Waals surface area contributed by atoms with Gasteiger partial charge in [0.2, 0.25) is 5.91 Å². The number of benzene rings is 1. The number of nitrogens with one attached hydrogen (secondary N) is 1. The van der Waals surface area contributed by atoms with E-state index >= 15 is 0 Å². The van der Waals surface area contributed by atoms with Crippen LogP contribution in [0.25, 0.3) is 0 Å². The third-order valence-corrected chi connectivity index (χ3v) is 4.90. The van der Waals surface area contributed by atoms with Crippen LogP contribution in [-0.2, 0) is 4.79 Å². The van der Waals surface area contributed by atoms with Crippen LogP contribution in [0.15, 0.2) is 24.3 Å². The molecule has 1 aliphatic rings. The number of anilines is 1. The average molecular weight is 285 g/mol. The highest BCUT2D eigenvalue weighted by molar-refractivity contribution is 5.96. The highest BCUT2D eigenvalue weighted by Gasteiger charge is 2.68. The van der Waals surface area contributed by atoms with Gasteiger partial charge < -0.3 is 10.4 Å². The summed E-state index contributed by atoms with van der Waals surface area (Å²) in [7, 11) is 0. The molecule has 112 valence electrons. The summed E-state index contributed by atoms with van der Waals surface area (Å²) < 4.78 is 0. The first-order valence-electron chi connectivity index (χ1n) is 7.31. The smallest absolute Gasteiger partial charge is 0.228 e. The number of rotatable bonds is 3. The monoisotopic (exact) mass is 285 g/mol. The van der Waals surface area contributed by atoms with Gasteiger partial charge in [-0.2, -0.15) is 0 Å². The molecule has 0 saturated heterocycles. The second kappa shape index (κ2) is 5.54. The zero-order valence-electron chi connectivity index (χ0n) is 13.2. The topological polar surface area (TPSA) is 49.3 Å². The molecule has 0 atom stereocenters. The van der Waals surface area contributed by atoms with Crippen molar-refractivity contribution in [1.82, 2.24) is 0 Å². The molecule has 0 heterocycles. The van der Waals surface area contributed by atoms with E-state index in [1.54, 1.807) is 0 Å². The lowest BCUT2D eigenvalue weighted by Gasteiger charge is -2.06. The highest BCUT2D eigenvalue weighted by atomic mass is 16.2. The van der Waals surface area contributed by atoms with Gasteiger partial charge in [0.15, 0.2) is 0 Å². The molecule has 1 aromatic carbocycles. The predicted octanol–water partition coefficient (Wildman–Crippen LogP) is 3.04. The van der Waals surface area contributed by atoms with E-state index in [2.05, 4.69) is 44.9 Å². The number of hydrogen-bond acceptors (Lipinski definition) is 2. The quantitative estimate of drug-likeness (QED) is 0.839. The molecule has 3 nitrogen and oxygen atoms in total. The van der Waals surface area contributed by atoms with Crippen molar-refractivity contribution in [2.75, 3.05) is 11.9 Å². The minimum absolute atomic E-state index is 0.0484. The van der Waals surface area contributed by atoms with Gasteiger partial charge in [0.1, 0.15) is 0 Å². The van der Waals surface area contributed by atoms with Crippen molar-refractivity contribution >= 4 is 11.6 Å². The Bertz CT molecular complexity index is 574. The maximum Gasteiger partial charge on any atom is 0.228 e. The van der Waals surface area contributed by atoms with Gasteiger partial charge in [-0.1, -0.05) is 39.5 Å². The lowest BCUT2D eigenvalue weighted by molar-refractivity contribution is -0.118. The SMILES string of the molecule is CC1(C)C(C(=O)Nc2ccc(C#CCCO)cc2)C1(C)C. The van der Waals surface area contributed by atoms with Crippen LogP contribution < -0.4 is 5.32 Å². The van der Waals surface area contributed by atoms with Crippen LogP contribution in [0.1, 0.15) is 39.7 Å². The van der Waals surface area contributed by atoms with Crippen LogP contribution in [0.2, 0.25) is 0 Å². The molecule has 2 rings (SSSR count). The van der Waals surface area contributed by atoms with E-state index < -0.39 is 0 Å². The Morgan fingerprint density at radius 3 is 2.24 bits per heavy atom. The Kier molecular flexibility index (Phi) is 4.11. The largest absolute Gasteiger partial charge is 0.395 e. The summed E-state index contributed by atoms with van der Waals surface area (Å²) in [5, 5.41) is 11.7. The number of carbonyl (C=O) groups excluding carboxylic acids is 1. The molecule has 0 aromatic heterocycles. The van der Waals surface area contributed by atoms with E-state index in [1.165, 1.54) is 0 Å². The second-order valence-corrected chi connectivity index (χ2v) is 6.72. The fourth-order valence-corrected chi connectivity index (χ4v) is 2.92. The number of aliphatic hydroxyl groups excluding tert-OH is 1. The van der Waals surface area contributed by atoms with Gasteiger partial charge in [-0.25, -0.2) is 0 Å². The van der Waals surface area contributed by atoms with Crippen molar-refractivity contribution in [3.05, 3.63) is 29.8 Å². The van der Waals surface area contributed by atoms with Crippen molar-refractivity contribution in [2.45, 2.75) is 34.1 Å². The second-order valence-electron chi connectivity index (χ2n) is 6.72. The van der Waals surface area contributed by atoms with Gasteiger partial charge in [0.25, 0.3) is 0 Å². The molecule has 1 saturated carbocycles. The minimum atomic E-state index is 0.0484. The summed E-state index contributed by atoms with van der Waals surface area (Å²) in [4.78, 5) is 12.3. The molecule has 1 fully saturated rings. The Balaban J connectivity index is 1.99. The number of amides is 1. The first-order chi connectivity index (χ1) is 9.80. The van der Waals surface area contributed by atoms with E-state index in [1.807, 2.05) is 24.3 Å². The van der Waals surface area contributed by atoms with E-state index in [4.69, 9.17) is 5.11 Å². The molecule has 0 spiro atoms. The van der Waals surface area contributed by atoms with Crippen LogP contribution in [-0.4, -0.2) is 17.6 Å². The van der Waals surface area contributed by atoms with Crippen molar-refractivity contribution in [3.63, 3.8) is 0 Å². The van der Waals surface area contributed by atoms with E-state index in [9.17, 15) is 4.79 Å². The van der Waals surface area contributed by atoms with E-state index in [-0.39, 0.29) is 29.3 Å². The molecule has 0 aliphatic heterocycles. The van der Waals surface area contributed by atoms with E-state index in [0.29, 0.717) is 6.42 Å². The molecule has 0 bridgehead atoms. The van der Waals surface area contributed by atoms with Crippen LogP contribution in [0.3, 0.4) is 0 Å². The summed E-state index contributed by atoms with van der Waals surface area (Å²) in [5.41, 5.74) is 1.78. The highest BCUT2D eigenvalue weighted by Crippen LogP contribution is 2.68. The van der Waals surface area contributed by atoms with Crippen LogP contribution in [0, 0.1) is 28.6 Å². The van der Waals surface area contributed by atoms with Gasteiger partial charge in [0.05, 0.1) is 6.61 Å². The molecule has 1 aliphatic carbocycles. The summed E-state index contributed by atoms with van der Waals surface area (Å²) >= 11 is 0. The number of aliphatic hydroxyl groups is 1. The molecule has 1 amide bonds. The maximum absolute atomic E-state index is 12.3. The van der Waals surface area contributed by atoms with Crippen LogP contribution in [0.5, 0.6) is 0 Å². The van der Waals surface area contributed by atoms with Gasteiger partial charge in [-0.3, -0.25) is 4.79 Å². The zero-order valence-corrected chi connectivity index (χ0v) is 13.2. The summed E-state index contributed by atoms with van der Waals surface area (Å²) in [6.07, 6.45) is 0.477. The molecule has 21 heavy (non-hydrogen) atoms. The minimum Gasteiger partial charge on any atom is -0.395 e. The lowest BCUT2D eigenvalue weighted by atomic mass is 10.0. The Morgan fingerprint density at radius 1 is 1.19 bits per heavy atom. The van der Waals surface area contributed by atoms with Gasteiger partial charge in [0, 0.05) is 23.6 Å². The van der Waals surface area contributed by atoms with Crippen molar-refractivity contribution < 1.29 is 9.90 Å². The first-order valence-corrected chi connectivity index (χ1v) is 7.31. The summed E-state index contributed by atoms with van der Waals surface area (Å²) in [5.74, 6) is 5.98. The Morgan fingerprint density at radius 2 is 1.76 bits per heavy atom. The first kappa shape index (κ1) is 15.6. The maximum atomic E-state index is 12.3. The predicted molar refractivity (Wildman–Crippen MR) is 84.7 cm³/mol. The standard InChI is InChI=1S/C18H23NO2/c1-17(2)15(18(17,3)4)16(21)19-14-10-8-13(9-11-14)7-5-6-12-20/h8-11,15,20H,6,12H2,1-4H3,(H,19,21). The molecular formula is C18H23NO2. The summed E-state index contributed by atoms with van der Waals surface area (Å²) in [6, 6.07) is 7.48. The summed E-state index contributed by atoms with van der Waals surface area (Å²) in [6.45, 7) is 8.62. The van der Waals surface area contributed by atoms with Gasteiger partial charge in [-0.05, 0) is 35.1 Å². The fraction of sp³-hybridized carbons (Fsp3) is 0.500. The van der Waals surface area contributed by atoms with Crippen molar-refractivity contribution in [3.8, 4) is 11.8 Å². The molecule has 0 radical (unpaired) electrons. The number of hydrogen-bond donors (Lipinski definition) is 2. The van der Waals surface area contributed by atoms with Crippen molar-refractivity contribution in [2.24, 2.45) is 16.7 Å². The van der Waals surface area contributed by atoms with Crippen molar-refractivity contribution in [1.29, 1.82) is 0 Å². The number of carbonyl (C=O) groups is 1. The third-order valence-electron chi connectivity index (χ3n) is 4.90. The molecule has 3 heteroatoms. The fourth-order valence-electron chi connectivity index (χ4n) is 2.92. The van der Waals surface area contributed by atoms with Gasteiger partial charge in [-0.15, -0.1) is 0 Å². The van der Waals surface area contributed by atoms with Gasteiger partial charge >= 0.3 is 0 Å². The molecule has 1 aromatic rings. The normalized spacial score (nSPS) is 18.5. The molecular weight excluding hydrogens is 262 g/mol. The lowest BCUT2D eigenvalue weighted by Crippen LogP contribution is -2.17.